The number of nitrogens with one attached hydrogen (secondary N) is 2. The quantitative estimate of drug-likeness (QED) is 0.276. The van der Waals surface area contributed by atoms with Gasteiger partial charge < -0.3 is 19.5 Å². The van der Waals surface area contributed by atoms with Crippen molar-refractivity contribution >= 4 is 34.6 Å². The van der Waals surface area contributed by atoms with Gasteiger partial charge in [-0.15, -0.1) is 0 Å². The molecule has 0 fully saturated rings. The molecule has 2 rings (SSSR count). The monoisotopic (exact) mass is 419 g/mol. The summed E-state index contributed by atoms with van der Waals surface area (Å²) in [6, 6.07) is 10.7. The van der Waals surface area contributed by atoms with Crippen LogP contribution < -0.4 is 20.1 Å². The maximum atomic E-state index is 12.4. The summed E-state index contributed by atoms with van der Waals surface area (Å²) >= 11 is 5.16. The first-order valence-electron chi connectivity index (χ1n) is 8.70. The number of nitrogens with zero attached hydrogens (tertiary/aromatic N) is 1. The van der Waals surface area contributed by atoms with Gasteiger partial charge in [-0.2, -0.15) is 0 Å². The highest BCUT2D eigenvalue weighted by Crippen LogP contribution is 2.28. The Morgan fingerprint density at radius 2 is 2.00 bits per heavy atom. The van der Waals surface area contributed by atoms with Crippen LogP contribution in [0, 0.1) is 10.1 Å². The summed E-state index contributed by atoms with van der Waals surface area (Å²) in [5.74, 6) is 0.326. The van der Waals surface area contributed by atoms with E-state index in [0.29, 0.717) is 36.8 Å². The molecule has 0 aliphatic heterocycles. The Kier molecular flexibility index (Phi) is 8.31. The molecular weight excluding hydrogens is 398 g/mol. The van der Waals surface area contributed by atoms with Crippen molar-refractivity contribution in [3.05, 3.63) is 58.1 Å². The van der Waals surface area contributed by atoms with Crippen molar-refractivity contribution < 1.29 is 23.9 Å². The van der Waals surface area contributed by atoms with Crippen molar-refractivity contribution in [1.82, 2.24) is 5.32 Å². The molecule has 0 unspecified atom stereocenters. The van der Waals surface area contributed by atoms with E-state index >= 15 is 0 Å². The fraction of sp³-hybridized carbons (Fsp3) is 0.263. The zero-order chi connectivity index (χ0) is 21.2. The van der Waals surface area contributed by atoms with Crippen LogP contribution in [-0.2, 0) is 4.74 Å². The highest BCUT2D eigenvalue weighted by atomic mass is 32.1. The molecule has 0 aliphatic rings. The predicted octanol–water partition coefficient (Wildman–Crippen LogP) is 3.15. The van der Waals surface area contributed by atoms with Gasteiger partial charge in [0.05, 0.1) is 30.4 Å². The van der Waals surface area contributed by atoms with Gasteiger partial charge in [-0.25, -0.2) is 0 Å². The molecule has 1 amide bonds. The summed E-state index contributed by atoms with van der Waals surface area (Å²) in [6.07, 6.45) is 0. The summed E-state index contributed by atoms with van der Waals surface area (Å²) < 4.78 is 15.9. The van der Waals surface area contributed by atoms with Crippen molar-refractivity contribution in [2.45, 2.75) is 6.92 Å². The van der Waals surface area contributed by atoms with Crippen LogP contribution in [0.1, 0.15) is 17.3 Å². The van der Waals surface area contributed by atoms with Gasteiger partial charge in [-0.05, 0) is 43.4 Å². The van der Waals surface area contributed by atoms with Crippen LogP contribution in [-0.4, -0.2) is 42.9 Å². The van der Waals surface area contributed by atoms with Crippen molar-refractivity contribution in [2.24, 2.45) is 0 Å². The fourth-order valence-corrected chi connectivity index (χ4v) is 2.52. The van der Waals surface area contributed by atoms with Crippen molar-refractivity contribution in [2.75, 3.05) is 32.2 Å². The molecule has 0 saturated carbocycles. The minimum Gasteiger partial charge on any atom is -0.494 e. The van der Waals surface area contributed by atoms with Crippen LogP contribution >= 0.6 is 12.2 Å². The standard InChI is InChI=1S/C19H21N3O6S/c1-3-27-9-10-28-15-6-4-5-13(11-15)18(23)21-19(29)20-16-8-7-14(22(24)25)12-17(16)26-2/h4-8,11-12H,3,9-10H2,1-2H3,(H2,20,21,23,29). The lowest BCUT2D eigenvalue weighted by Gasteiger charge is -2.13. The van der Waals surface area contributed by atoms with E-state index in [0.717, 1.165) is 0 Å². The number of nitro benzene ring substituents is 1. The molecule has 29 heavy (non-hydrogen) atoms. The van der Waals surface area contributed by atoms with E-state index in [-0.39, 0.29) is 16.5 Å². The molecule has 0 aliphatic carbocycles. The van der Waals surface area contributed by atoms with Crippen LogP contribution in [0.3, 0.4) is 0 Å². The molecule has 0 heterocycles. The average Bonchev–Trinajstić information content (AvgIpc) is 2.71. The molecule has 0 bridgehead atoms. The maximum absolute atomic E-state index is 12.4. The first-order valence-corrected chi connectivity index (χ1v) is 9.10. The third-order valence-electron chi connectivity index (χ3n) is 3.67. The van der Waals surface area contributed by atoms with Crippen LogP contribution in [0.25, 0.3) is 0 Å². The van der Waals surface area contributed by atoms with Gasteiger partial charge in [0.25, 0.3) is 11.6 Å². The number of rotatable bonds is 9. The lowest BCUT2D eigenvalue weighted by molar-refractivity contribution is -0.384. The summed E-state index contributed by atoms with van der Waals surface area (Å²) in [4.78, 5) is 22.8. The highest BCUT2D eigenvalue weighted by Gasteiger charge is 2.14. The fourth-order valence-electron chi connectivity index (χ4n) is 2.32. The van der Waals surface area contributed by atoms with E-state index < -0.39 is 10.8 Å². The molecule has 0 saturated heterocycles. The number of anilines is 1. The predicted molar refractivity (Wildman–Crippen MR) is 112 cm³/mol. The van der Waals surface area contributed by atoms with E-state index in [1.165, 1.54) is 25.3 Å². The zero-order valence-corrected chi connectivity index (χ0v) is 16.8. The number of carbonyl (C=O) groups is 1. The second-order valence-corrected chi connectivity index (χ2v) is 6.03. The maximum Gasteiger partial charge on any atom is 0.273 e. The molecule has 2 aromatic rings. The molecule has 2 N–H and O–H groups in total. The number of benzene rings is 2. The first-order chi connectivity index (χ1) is 13.9. The number of amides is 1. The number of ether oxygens (including phenoxy) is 3. The third kappa shape index (κ3) is 6.70. The minimum atomic E-state index is -0.532. The number of non-ortho nitro benzene ring substituents is 1. The Morgan fingerprint density at radius 3 is 2.69 bits per heavy atom. The summed E-state index contributed by atoms with van der Waals surface area (Å²) in [5.41, 5.74) is 0.624. The molecule has 154 valence electrons. The van der Waals surface area contributed by atoms with Gasteiger partial charge >= 0.3 is 0 Å². The Hall–Kier alpha value is -3.24. The van der Waals surface area contributed by atoms with Gasteiger partial charge in [0, 0.05) is 18.2 Å². The van der Waals surface area contributed by atoms with Gasteiger partial charge in [-0.1, -0.05) is 6.07 Å². The minimum absolute atomic E-state index is 0.0184. The summed E-state index contributed by atoms with van der Waals surface area (Å²) in [7, 11) is 1.38. The molecule has 2 aromatic carbocycles. The van der Waals surface area contributed by atoms with E-state index in [4.69, 9.17) is 26.4 Å². The lowest BCUT2D eigenvalue weighted by Crippen LogP contribution is -2.34. The molecule has 0 spiro atoms. The number of methoxy groups -OCH3 is 1. The Balaban J connectivity index is 1.99. The summed E-state index contributed by atoms with van der Waals surface area (Å²) in [5, 5.41) is 16.2. The second-order valence-electron chi connectivity index (χ2n) is 5.62. The Bertz CT molecular complexity index is 890. The van der Waals surface area contributed by atoms with Crippen molar-refractivity contribution in [1.29, 1.82) is 0 Å². The van der Waals surface area contributed by atoms with E-state index in [1.54, 1.807) is 24.3 Å². The Morgan fingerprint density at radius 1 is 1.21 bits per heavy atom. The average molecular weight is 419 g/mol. The topological polar surface area (TPSA) is 112 Å². The van der Waals surface area contributed by atoms with Crippen LogP contribution in [0.4, 0.5) is 11.4 Å². The largest absolute Gasteiger partial charge is 0.494 e. The van der Waals surface area contributed by atoms with Crippen molar-refractivity contribution in [3.8, 4) is 11.5 Å². The van der Waals surface area contributed by atoms with Gasteiger partial charge in [0.2, 0.25) is 0 Å². The highest BCUT2D eigenvalue weighted by molar-refractivity contribution is 7.80. The zero-order valence-electron chi connectivity index (χ0n) is 16.0. The number of thiocarbonyl (C=S) groups is 1. The summed E-state index contributed by atoms with van der Waals surface area (Å²) in [6.45, 7) is 3.33. The molecule has 10 heteroatoms. The van der Waals surface area contributed by atoms with Crippen LogP contribution in [0.15, 0.2) is 42.5 Å². The number of hydrogen-bond donors (Lipinski definition) is 2. The van der Waals surface area contributed by atoms with E-state index in [1.807, 2.05) is 6.92 Å². The van der Waals surface area contributed by atoms with Gasteiger partial charge in [0.15, 0.2) is 5.11 Å². The number of carbonyl (C=O) groups excluding carboxylic acids is 1. The normalized spacial score (nSPS) is 10.1. The molecule has 0 radical (unpaired) electrons. The van der Waals surface area contributed by atoms with Gasteiger partial charge in [0.1, 0.15) is 18.1 Å². The van der Waals surface area contributed by atoms with E-state index in [9.17, 15) is 14.9 Å². The van der Waals surface area contributed by atoms with Crippen molar-refractivity contribution in [3.63, 3.8) is 0 Å². The number of hydrogen-bond acceptors (Lipinski definition) is 7. The lowest BCUT2D eigenvalue weighted by atomic mass is 10.2. The second kappa shape index (κ2) is 10.9. The smallest absolute Gasteiger partial charge is 0.273 e. The molecular formula is C19H21N3O6S. The van der Waals surface area contributed by atoms with Crippen LogP contribution in [0.2, 0.25) is 0 Å². The van der Waals surface area contributed by atoms with Crippen LogP contribution in [0.5, 0.6) is 11.5 Å². The molecule has 9 nitrogen and oxygen atoms in total. The molecule has 0 aromatic heterocycles. The van der Waals surface area contributed by atoms with E-state index in [2.05, 4.69) is 10.6 Å². The SMILES string of the molecule is CCOCCOc1cccc(C(=O)NC(=S)Nc2ccc([N+](=O)[O-])cc2OC)c1. The molecule has 0 atom stereocenters. The number of nitro groups is 1. The Labute approximate surface area is 173 Å². The van der Waals surface area contributed by atoms with Gasteiger partial charge in [-0.3, -0.25) is 20.2 Å². The third-order valence-corrected chi connectivity index (χ3v) is 3.87. The first kappa shape index (κ1) is 22.1.